The molecule has 0 aromatic carbocycles. The molecule has 0 radical (unpaired) electrons. The van der Waals surface area contributed by atoms with E-state index in [0.29, 0.717) is 0 Å². The summed E-state index contributed by atoms with van der Waals surface area (Å²) in [6, 6.07) is 1.79. The zero-order chi connectivity index (χ0) is 10.7. The van der Waals surface area contributed by atoms with E-state index in [9.17, 15) is 9.90 Å². The SMILES string of the molecule is O=C(O)CCC(O)c1cc(Br)c(Br)s1. The van der Waals surface area contributed by atoms with Gasteiger partial charge in [0.2, 0.25) is 0 Å². The molecule has 0 saturated heterocycles. The molecule has 6 heteroatoms. The highest BCUT2D eigenvalue weighted by atomic mass is 79.9. The number of aliphatic hydroxyl groups is 1. The molecule has 0 spiro atoms. The number of hydrogen-bond acceptors (Lipinski definition) is 3. The van der Waals surface area contributed by atoms with Crippen LogP contribution in [-0.2, 0) is 4.79 Å². The van der Waals surface area contributed by atoms with Crippen LogP contribution in [0.15, 0.2) is 14.3 Å². The zero-order valence-electron chi connectivity index (χ0n) is 7.04. The number of rotatable bonds is 4. The Morgan fingerprint density at radius 2 is 2.21 bits per heavy atom. The van der Waals surface area contributed by atoms with Crippen molar-refractivity contribution in [3.05, 3.63) is 19.2 Å². The highest BCUT2D eigenvalue weighted by molar-refractivity contribution is 9.13. The van der Waals surface area contributed by atoms with Gasteiger partial charge < -0.3 is 10.2 Å². The number of thiophene rings is 1. The summed E-state index contributed by atoms with van der Waals surface area (Å²) in [7, 11) is 0. The van der Waals surface area contributed by atoms with E-state index < -0.39 is 12.1 Å². The van der Waals surface area contributed by atoms with Crippen LogP contribution in [-0.4, -0.2) is 16.2 Å². The third kappa shape index (κ3) is 3.34. The van der Waals surface area contributed by atoms with Gasteiger partial charge in [-0.3, -0.25) is 4.79 Å². The van der Waals surface area contributed by atoms with Crippen LogP contribution in [0.4, 0.5) is 0 Å². The van der Waals surface area contributed by atoms with Crippen LogP contribution < -0.4 is 0 Å². The van der Waals surface area contributed by atoms with Crippen molar-refractivity contribution >= 4 is 49.2 Å². The van der Waals surface area contributed by atoms with Crippen LogP contribution in [0.25, 0.3) is 0 Å². The lowest BCUT2D eigenvalue weighted by molar-refractivity contribution is -0.137. The van der Waals surface area contributed by atoms with Crippen LogP contribution in [0.2, 0.25) is 0 Å². The van der Waals surface area contributed by atoms with Crippen molar-refractivity contribution in [1.29, 1.82) is 0 Å². The lowest BCUT2D eigenvalue weighted by atomic mass is 10.2. The predicted octanol–water partition coefficient (Wildman–Crippen LogP) is 3.17. The second kappa shape index (κ2) is 5.25. The Morgan fingerprint density at radius 1 is 1.57 bits per heavy atom. The van der Waals surface area contributed by atoms with Crippen LogP contribution in [0.1, 0.15) is 23.8 Å². The molecule has 3 nitrogen and oxygen atoms in total. The number of carboxylic acid groups (broad SMARTS) is 1. The van der Waals surface area contributed by atoms with Gasteiger partial charge in [0, 0.05) is 15.8 Å². The lowest BCUT2D eigenvalue weighted by Crippen LogP contribution is -2.00. The first-order chi connectivity index (χ1) is 6.50. The molecule has 1 atom stereocenters. The lowest BCUT2D eigenvalue weighted by Gasteiger charge is -2.05. The van der Waals surface area contributed by atoms with Gasteiger partial charge in [0.15, 0.2) is 0 Å². The summed E-state index contributed by atoms with van der Waals surface area (Å²) in [4.78, 5) is 11.0. The zero-order valence-corrected chi connectivity index (χ0v) is 11.0. The molecule has 0 aliphatic carbocycles. The van der Waals surface area contributed by atoms with E-state index in [1.165, 1.54) is 11.3 Å². The monoisotopic (exact) mass is 342 g/mol. The van der Waals surface area contributed by atoms with E-state index >= 15 is 0 Å². The number of carboxylic acids is 1. The molecule has 1 aromatic rings. The number of halogens is 2. The second-order valence-corrected chi connectivity index (χ2v) is 5.97. The van der Waals surface area contributed by atoms with Gasteiger partial charge in [-0.25, -0.2) is 0 Å². The van der Waals surface area contributed by atoms with E-state index in [0.717, 1.165) is 13.1 Å². The maximum atomic E-state index is 10.3. The molecule has 0 bridgehead atoms. The van der Waals surface area contributed by atoms with Gasteiger partial charge in [-0.1, -0.05) is 0 Å². The summed E-state index contributed by atoms with van der Waals surface area (Å²) in [5.74, 6) is -0.890. The van der Waals surface area contributed by atoms with Crippen molar-refractivity contribution in [2.24, 2.45) is 0 Å². The minimum atomic E-state index is -0.890. The fourth-order valence-corrected chi connectivity index (χ4v) is 3.04. The topological polar surface area (TPSA) is 57.5 Å². The van der Waals surface area contributed by atoms with Crippen molar-refractivity contribution < 1.29 is 15.0 Å². The summed E-state index contributed by atoms with van der Waals surface area (Å²) in [5.41, 5.74) is 0. The van der Waals surface area contributed by atoms with E-state index in [1.807, 2.05) is 0 Å². The van der Waals surface area contributed by atoms with Crippen LogP contribution in [0.3, 0.4) is 0 Å². The normalized spacial score (nSPS) is 12.8. The third-order valence-electron chi connectivity index (χ3n) is 1.62. The van der Waals surface area contributed by atoms with Gasteiger partial charge >= 0.3 is 5.97 Å². The summed E-state index contributed by atoms with van der Waals surface area (Å²) in [6.45, 7) is 0. The maximum Gasteiger partial charge on any atom is 0.303 e. The molecule has 1 heterocycles. The predicted molar refractivity (Wildman–Crippen MR) is 61.5 cm³/mol. The minimum absolute atomic E-state index is 0.0195. The Kier molecular flexibility index (Phi) is 4.56. The van der Waals surface area contributed by atoms with Crippen molar-refractivity contribution in [3.8, 4) is 0 Å². The molecule has 0 saturated carbocycles. The largest absolute Gasteiger partial charge is 0.481 e. The summed E-state index contributed by atoms with van der Waals surface area (Å²) >= 11 is 8.01. The quantitative estimate of drug-likeness (QED) is 0.882. The van der Waals surface area contributed by atoms with Gasteiger partial charge in [-0.2, -0.15) is 0 Å². The number of aliphatic hydroxyl groups excluding tert-OH is 1. The molecule has 14 heavy (non-hydrogen) atoms. The Bertz CT molecular complexity index is 318. The van der Waals surface area contributed by atoms with E-state index in [4.69, 9.17) is 5.11 Å². The Hall–Kier alpha value is 0.0900. The molecule has 0 fully saturated rings. The van der Waals surface area contributed by atoms with Crippen LogP contribution in [0.5, 0.6) is 0 Å². The van der Waals surface area contributed by atoms with Crippen LogP contribution in [0, 0.1) is 0 Å². The fourth-order valence-electron chi connectivity index (χ4n) is 0.930. The first-order valence-electron chi connectivity index (χ1n) is 3.85. The molecule has 1 rings (SSSR count). The Morgan fingerprint density at radius 3 is 2.64 bits per heavy atom. The smallest absolute Gasteiger partial charge is 0.303 e. The molecular formula is C8H8Br2O3S. The number of hydrogen-bond donors (Lipinski definition) is 2. The fraction of sp³-hybridized carbons (Fsp3) is 0.375. The van der Waals surface area contributed by atoms with E-state index in [-0.39, 0.29) is 12.8 Å². The molecule has 0 aliphatic heterocycles. The standard InChI is InChI=1S/C8H8Br2O3S/c9-4-3-6(14-8(4)10)5(11)1-2-7(12)13/h3,5,11H,1-2H2,(H,12,13). The maximum absolute atomic E-state index is 10.3. The summed E-state index contributed by atoms with van der Waals surface area (Å²) in [5, 5.41) is 18.1. The van der Waals surface area contributed by atoms with Crippen molar-refractivity contribution in [2.45, 2.75) is 18.9 Å². The van der Waals surface area contributed by atoms with Gasteiger partial charge in [-0.05, 0) is 44.3 Å². The molecular weight excluding hydrogens is 336 g/mol. The van der Waals surface area contributed by atoms with Gasteiger partial charge in [-0.15, -0.1) is 11.3 Å². The number of carbonyl (C=O) groups is 1. The first kappa shape index (κ1) is 12.2. The highest BCUT2D eigenvalue weighted by Gasteiger charge is 2.14. The average Bonchev–Trinajstić information content (AvgIpc) is 2.43. The molecule has 0 aliphatic rings. The molecule has 1 aromatic heterocycles. The van der Waals surface area contributed by atoms with Gasteiger partial charge in [0.1, 0.15) is 0 Å². The highest BCUT2D eigenvalue weighted by Crippen LogP contribution is 2.36. The molecule has 1 unspecified atom stereocenters. The first-order valence-corrected chi connectivity index (χ1v) is 6.25. The average molecular weight is 344 g/mol. The minimum Gasteiger partial charge on any atom is -0.481 e. The van der Waals surface area contributed by atoms with E-state index in [1.54, 1.807) is 6.07 Å². The summed E-state index contributed by atoms with van der Waals surface area (Å²) < 4.78 is 1.79. The molecule has 2 N–H and O–H groups in total. The van der Waals surface area contributed by atoms with Crippen LogP contribution >= 0.6 is 43.2 Å². The third-order valence-corrected chi connectivity index (χ3v) is 4.98. The number of aliphatic carboxylic acids is 1. The van der Waals surface area contributed by atoms with Gasteiger partial charge in [0.25, 0.3) is 0 Å². The molecule has 0 amide bonds. The second-order valence-electron chi connectivity index (χ2n) is 2.72. The molecule has 78 valence electrons. The summed E-state index contributed by atoms with van der Waals surface area (Å²) in [6.07, 6.45) is -0.470. The van der Waals surface area contributed by atoms with Crippen molar-refractivity contribution in [1.82, 2.24) is 0 Å². The van der Waals surface area contributed by atoms with Crippen molar-refractivity contribution in [3.63, 3.8) is 0 Å². The van der Waals surface area contributed by atoms with Crippen molar-refractivity contribution in [2.75, 3.05) is 0 Å². The van der Waals surface area contributed by atoms with Gasteiger partial charge in [0.05, 0.1) is 9.89 Å². The van der Waals surface area contributed by atoms with E-state index in [2.05, 4.69) is 31.9 Å². The Labute approximate surface area is 102 Å². The Balaban J connectivity index is 2.60.